The fourth-order valence-corrected chi connectivity index (χ4v) is 3.12. The quantitative estimate of drug-likeness (QED) is 0.521. The van der Waals surface area contributed by atoms with Gasteiger partial charge in [-0.05, 0) is 47.2 Å². The highest BCUT2D eigenvalue weighted by atomic mass is 79.9. The minimum Gasteiger partial charge on any atom is -0.0654 e. The third-order valence-corrected chi connectivity index (χ3v) is 4.44. The molecule has 0 saturated carbocycles. The Morgan fingerprint density at radius 1 is 0.947 bits per heavy atom. The fourth-order valence-electron chi connectivity index (χ4n) is 2.74. The zero-order valence-corrected chi connectivity index (χ0v) is 13.5. The molecule has 0 nitrogen and oxygen atoms in total. The van der Waals surface area contributed by atoms with Crippen LogP contribution in [0.2, 0.25) is 0 Å². The molecule has 1 heteroatoms. The van der Waals surface area contributed by atoms with Crippen molar-refractivity contribution in [1.82, 2.24) is 0 Å². The molecule has 0 aromatic heterocycles. The zero-order chi connectivity index (χ0) is 13.7. The van der Waals surface area contributed by atoms with Crippen LogP contribution in [0.1, 0.15) is 57.4 Å². The van der Waals surface area contributed by atoms with E-state index in [-0.39, 0.29) is 0 Å². The van der Waals surface area contributed by atoms with Crippen LogP contribution in [0.15, 0.2) is 40.9 Å². The standard InChI is InChI=1S/C18H23Br/c1-3-5-6-7-14(4-2)15-8-9-17-13-18(19)11-10-16(17)12-15/h8-14H,3-7H2,1-2H3. The molecule has 2 aromatic rings. The van der Waals surface area contributed by atoms with E-state index in [2.05, 4.69) is 66.2 Å². The molecule has 0 aliphatic carbocycles. The molecule has 0 radical (unpaired) electrons. The summed E-state index contributed by atoms with van der Waals surface area (Å²) in [7, 11) is 0. The third kappa shape index (κ3) is 3.82. The Morgan fingerprint density at radius 3 is 2.42 bits per heavy atom. The Kier molecular flexibility index (Phi) is 5.45. The summed E-state index contributed by atoms with van der Waals surface area (Å²) >= 11 is 3.54. The molecule has 0 saturated heterocycles. The van der Waals surface area contributed by atoms with Crippen molar-refractivity contribution in [3.05, 3.63) is 46.4 Å². The first-order chi connectivity index (χ1) is 9.24. The molecular weight excluding hydrogens is 296 g/mol. The Morgan fingerprint density at radius 2 is 1.68 bits per heavy atom. The van der Waals surface area contributed by atoms with E-state index in [1.807, 2.05) is 0 Å². The van der Waals surface area contributed by atoms with Crippen LogP contribution in [0.3, 0.4) is 0 Å². The van der Waals surface area contributed by atoms with Gasteiger partial charge in [-0.2, -0.15) is 0 Å². The topological polar surface area (TPSA) is 0 Å². The lowest BCUT2D eigenvalue weighted by molar-refractivity contribution is 0.554. The van der Waals surface area contributed by atoms with E-state index in [1.54, 1.807) is 0 Å². The second-order valence-corrected chi connectivity index (χ2v) is 6.27. The predicted octanol–water partition coefficient (Wildman–Crippen LogP) is 6.68. The molecule has 2 rings (SSSR count). The summed E-state index contributed by atoms with van der Waals surface area (Å²) in [6.45, 7) is 4.58. The Balaban J connectivity index is 2.20. The second-order valence-electron chi connectivity index (χ2n) is 5.35. The largest absolute Gasteiger partial charge is 0.0654 e. The first-order valence-corrected chi connectivity index (χ1v) is 8.23. The molecular formula is C18H23Br. The van der Waals surface area contributed by atoms with Crippen LogP contribution < -0.4 is 0 Å². The van der Waals surface area contributed by atoms with Crippen molar-refractivity contribution >= 4 is 26.7 Å². The van der Waals surface area contributed by atoms with Crippen molar-refractivity contribution in [2.75, 3.05) is 0 Å². The van der Waals surface area contributed by atoms with Gasteiger partial charge in [0.2, 0.25) is 0 Å². The van der Waals surface area contributed by atoms with E-state index in [0.29, 0.717) is 0 Å². The minimum absolute atomic E-state index is 0.722. The van der Waals surface area contributed by atoms with Gasteiger partial charge >= 0.3 is 0 Å². The van der Waals surface area contributed by atoms with Crippen LogP contribution in [0.4, 0.5) is 0 Å². The van der Waals surface area contributed by atoms with Crippen molar-refractivity contribution in [3.8, 4) is 0 Å². The average Bonchev–Trinajstić information content (AvgIpc) is 2.43. The van der Waals surface area contributed by atoms with Gasteiger partial charge in [0, 0.05) is 4.47 Å². The van der Waals surface area contributed by atoms with Crippen LogP contribution >= 0.6 is 15.9 Å². The molecule has 1 unspecified atom stereocenters. The van der Waals surface area contributed by atoms with Gasteiger partial charge in [-0.3, -0.25) is 0 Å². The molecule has 0 heterocycles. The van der Waals surface area contributed by atoms with Gasteiger partial charge in [-0.25, -0.2) is 0 Å². The minimum atomic E-state index is 0.722. The highest BCUT2D eigenvalue weighted by molar-refractivity contribution is 9.10. The molecule has 0 amide bonds. The summed E-state index contributed by atoms with van der Waals surface area (Å²) in [6, 6.07) is 13.5. The van der Waals surface area contributed by atoms with Gasteiger partial charge in [0.1, 0.15) is 0 Å². The number of hydrogen-bond donors (Lipinski definition) is 0. The summed E-state index contributed by atoms with van der Waals surface area (Å²) in [5, 5.41) is 2.68. The normalized spacial score (nSPS) is 12.8. The molecule has 19 heavy (non-hydrogen) atoms. The summed E-state index contributed by atoms with van der Waals surface area (Å²) in [6.07, 6.45) is 6.59. The number of unbranched alkanes of at least 4 members (excludes halogenated alkanes) is 2. The van der Waals surface area contributed by atoms with E-state index < -0.39 is 0 Å². The van der Waals surface area contributed by atoms with Crippen LogP contribution in [-0.2, 0) is 0 Å². The third-order valence-electron chi connectivity index (χ3n) is 3.95. The van der Waals surface area contributed by atoms with Crippen molar-refractivity contribution in [2.45, 2.75) is 51.9 Å². The van der Waals surface area contributed by atoms with Gasteiger partial charge in [0.25, 0.3) is 0 Å². The SMILES string of the molecule is CCCCCC(CC)c1ccc2cc(Br)ccc2c1. The van der Waals surface area contributed by atoms with Crippen LogP contribution in [0, 0.1) is 0 Å². The van der Waals surface area contributed by atoms with Crippen LogP contribution in [-0.4, -0.2) is 0 Å². The maximum absolute atomic E-state index is 3.54. The number of hydrogen-bond acceptors (Lipinski definition) is 0. The van der Waals surface area contributed by atoms with E-state index in [4.69, 9.17) is 0 Å². The molecule has 0 N–H and O–H groups in total. The predicted molar refractivity (Wildman–Crippen MR) is 88.8 cm³/mol. The van der Waals surface area contributed by atoms with Gasteiger partial charge in [0.15, 0.2) is 0 Å². The molecule has 0 bridgehead atoms. The summed E-state index contributed by atoms with van der Waals surface area (Å²) < 4.78 is 1.16. The highest BCUT2D eigenvalue weighted by Gasteiger charge is 2.09. The summed E-state index contributed by atoms with van der Waals surface area (Å²) in [5.41, 5.74) is 1.51. The lowest BCUT2D eigenvalue weighted by Crippen LogP contribution is -1.97. The maximum Gasteiger partial charge on any atom is 0.0181 e. The molecule has 102 valence electrons. The molecule has 0 aliphatic heterocycles. The Bertz CT molecular complexity index is 530. The lowest BCUT2D eigenvalue weighted by atomic mass is 9.89. The lowest BCUT2D eigenvalue weighted by Gasteiger charge is -2.16. The van der Waals surface area contributed by atoms with Gasteiger partial charge in [-0.1, -0.05) is 73.3 Å². The molecule has 1 atom stereocenters. The fraction of sp³-hybridized carbons (Fsp3) is 0.444. The van der Waals surface area contributed by atoms with Gasteiger partial charge in [-0.15, -0.1) is 0 Å². The Labute approximate surface area is 125 Å². The first kappa shape index (κ1) is 14.6. The van der Waals surface area contributed by atoms with Gasteiger partial charge in [0.05, 0.1) is 0 Å². The average molecular weight is 319 g/mol. The van der Waals surface area contributed by atoms with E-state index in [0.717, 1.165) is 10.4 Å². The highest BCUT2D eigenvalue weighted by Crippen LogP contribution is 2.29. The summed E-state index contributed by atoms with van der Waals surface area (Å²) in [5.74, 6) is 0.722. The van der Waals surface area contributed by atoms with Crippen molar-refractivity contribution < 1.29 is 0 Å². The molecule has 2 aromatic carbocycles. The first-order valence-electron chi connectivity index (χ1n) is 7.43. The maximum atomic E-state index is 3.54. The number of rotatable bonds is 6. The van der Waals surface area contributed by atoms with Crippen molar-refractivity contribution in [1.29, 1.82) is 0 Å². The molecule has 0 aliphatic rings. The van der Waals surface area contributed by atoms with E-state index >= 15 is 0 Å². The van der Waals surface area contributed by atoms with E-state index in [1.165, 1.54) is 48.4 Å². The molecule has 0 spiro atoms. The van der Waals surface area contributed by atoms with Crippen molar-refractivity contribution in [2.24, 2.45) is 0 Å². The number of fused-ring (bicyclic) bond motifs is 1. The smallest absolute Gasteiger partial charge is 0.0181 e. The number of halogens is 1. The second kappa shape index (κ2) is 7.09. The number of benzene rings is 2. The monoisotopic (exact) mass is 318 g/mol. The zero-order valence-electron chi connectivity index (χ0n) is 12.0. The van der Waals surface area contributed by atoms with Crippen LogP contribution in [0.25, 0.3) is 10.8 Å². The van der Waals surface area contributed by atoms with Crippen LogP contribution in [0.5, 0.6) is 0 Å². The Hall–Kier alpha value is -0.820. The van der Waals surface area contributed by atoms with Gasteiger partial charge < -0.3 is 0 Å². The summed E-state index contributed by atoms with van der Waals surface area (Å²) in [4.78, 5) is 0. The van der Waals surface area contributed by atoms with Crippen molar-refractivity contribution in [3.63, 3.8) is 0 Å². The van der Waals surface area contributed by atoms with E-state index in [9.17, 15) is 0 Å². The molecule has 0 fully saturated rings.